The van der Waals surface area contributed by atoms with Gasteiger partial charge < -0.3 is 5.11 Å². The van der Waals surface area contributed by atoms with Gasteiger partial charge in [0.1, 0.15) is 0 Å². The molecule has 0 saturated carbocycles. The Hall–Kier alpha value is -2.52. The molecule has 180 valence electrons. The van der Waals surface area contributed by atoms with Crippen LogP contribution in [0.2, 0.25) is 0 Å². The van der Waals surface area contributed by atoms with E-state index in [1.165, 1.54) is 49.3 Å². The number of para-hydroxylation sites is 1. The Morgan fingerprint density at radius 2 is 0.886 bits per heavy atom. The predicted molar refractivity (Wildman–Crippen MR) is 152 cm³/mol. The molecule has 0 fully saturated rings. The SMILES string of the molecule is CCCCCCCCCc1ccccc1[O-].c1cc[c]([Sn+]([c]2ccccc2)[c]2ccccc2)cc1. The monoisotopic (exact) mass is 570 g/mol. The second-order valence-corrected chi connectivity index (χ2v) is 16.0. The Morgan fingerprint density at radius 3 is 1.34 bits per heavy atom. The molecule has 4 aromatic rings. The molecule has 0 bridgehead atoms. The Labute approximate surface area is 219 Å². The zero-order valence-corrected chi connectivity index (χ0v) is 23.9. The van der Waals surface area contributed by atoms with Gasteiger partial charge >= 0.3 is 121 Å². The number of hydrogen-bond donors (Lipinski definition) is 0. The van der Waals surface area contributed by atoms with Crippen molar-refractivity contribution in [2.45, 2.75) is 58.3 Å². The van der Waals surface area contributed by atoms with Crippen molar-refractivity contribution in [3.05, 3.63) is 121 Å². The van der Waals surface area contributed by atoms with Crippen LogP contribution in [0.5, 0.6) is 5.75 Å². The van der Waals surface area contributed by atoms with Crippen LogP contribution in [0, 0.1) is 0 Å². The zero-order valence-electron chi connectivity index (χ0n) is 21.0. The van der Waals surface area contributed by atoms with Gasteiger partial charge in [0.05, 0.1) is 0 Å². The summed E-state index contributed by atoms with van der Waals surface area (Å²) in [4.78, 5) is 0. The van der Waals surface area contributed by atoms with Gasteiger partial charge in [-0.05, 0) is 12.8 Å². The first-order chi connectivity index (χ1) is 17.3. The van der Waals surface area contributed by atoms with E-state index in [0.717, 1.165) is 18.4 Å². The standard InChI is InChI=1S/C15H24O.3C6H5.Sn/c1-2-3-4-5-6-7-8-11-14-12-9-10-13-15(14)16;3*1-2-4-6-5-3-1;/h9-10,12-13,16H,2-8,11H2,1H3;3*1-5H;/q;;;;+1/p-1. The molecule has 0 saturated heterocycles. The first kappa shape index (κ1) is 27.1. The summed E-state index contributed by atoms with van der Waals surface area (Å²) in [6.07, 6.45) is 10.1. The molecule has 0 aliphatic rings. The zero-order chi connectivity index (χ0) is 24.6. The van der Waals surface area contributed by atoms with Gasteiger partial charge in [0.25, 0.3) is 0 Å². The van der Waals surface area contributed by atoms with Crippen LogP contribution < -0.4 is 15.8 Å². The summed E-state index contributed by atoms with van der Waals surface area (Å²) in [5, 5.41) is 11.4. The summed E-state index contributed by atoms with van der Waals surface area (Å²) in [5.74, 6) is 0.202. The number of benzene rings is 4. The van der Waals surface area contributed by atoms with Crippen LogP contribution >= 0.6 is 0 Å². The van der Waals surface area contributed by atoms with Gasteiger partial charge in [-0.1, -0.05) is 75.3 Å². The third-order valence-corrected chi connectivity index (χ3v) is 14.0. The maximum absolute atomic E-state index is 11.4. The van der Waals surface area contributed by atoms with Crippen molar-refractivity contribution in [2.75, 3.05) is 0 Å². The Balaban J connectivity index is 0.000000199. The topological polar surface area (TPSA) is 23.1 Å². The molecule has 0 aliphatic heterocycles. The third kappa shape index (κ3) is 9.56. The molecule has 0 aliphatic carbocycles. The van der Waals surface area contributed by atoms with E-state index < -0.39 is 19.8 Å². The third-order valence-electron chi connectivity index (χ3n) is 6.21. The van der Waals surface area contributed by atoms with E-state index >= 15 is 0 Å². The fourth-order valence-electron chi connectivity index (χ4n) is 4.30. The Bertz CT molecular complexity index is 970. The summed E-state index contributed by atoms with van der Waals surface area (Å²) in [7, 11) is 0. The molecule has 4 rings (SSSR count). The summed E-state index contributed by atoms with van der Waals surface area (Å²) >= 11 is -1.98. The fraction of sp³-hybridized carbons (Fsp3) is 0.273. The van der Waals surface area contributed by atoms with Crippen molar-refractivity contribution in [3.8, 4) is 5.75 Å². The summed E-state index contributed by atoms with van der Waals surface area (Å²) in [6, 6.07) is 40.3. The molecule has 0 N–H and O–H groups in total. The summed E-state index contributed by atoms with van der Waals surface area (Å²) in [6.45, 7) is 2.24. The molecule has 35 heavy (non-hydrogen) atoms. The normalized spacial score (nSPS) is 10.3. The van der Waals surface area contributed by atoms with Crippen molar-refractivity contribution in [1.29, 1.82) is 0 Å². The second-order valence-electron chi connectivity index (χ2n) is 8.95. The Kier molecular flexibility index (Phi) is 12.5. The molecule has 0 heterocycles. The molecule has 2 heteroatoms. The van der Waals surface area contributed by atoms with Crippen LogP contribution in [0.1, 0.15) is 57.4 Å². The van der Waals surface area contributed by atoms with Gasteiger partial charge in [-0.3, -0.25) is 0 Å². The van der Waals surface area contributed by atoms with Gasteiger partial charge in [-0.25, -0.2) is 0 Å². The fourth-order valence-corrected chi connectivity index (χ4v) is 11.7. The van der Waals surface area contributed by atoms with Gasteiger partial charge in [0.15, 0.2) is 0 Å². The first-order valence-electron chi connectivity index (χ1n) is 13.1. The van der Waals surface area contributed by atoms with Crippen molar-refractivity contribution >= 4 is 30.5 Å². The Morgan fingerprint density at radius 1 is 0.486 bits per heavy atom. The molecule has 0 amide bonds. The number of rotatable bonds is 11. The van der Waals surface area contributed by atoms with Crippen LogP contribution in [0.25, 0.3) is 0 Å². The minimum absolute atomic E-state index is 0.202. The van der Waals surface area contributed by atoms with Gasteiger partial charge in [-0.2, -0.15) is 0 Å². The number of aryl methyl sites for hydroxylation is 1. The van der Waals surface area contributed by atoms with Crippen LogP contribution in [0.15, 0.2) is 115 Å². The van der Waals surface area contributed by atoms with Crippen LogP contribution in [0.3, 0.4) is 0 Å². The molecule has 0 atom stereocenters. The van der Waals surface area contributed by atoms with Crippen molar-refractivity contribution in [1.82, 2.24) is 0 Å². The van der Waals surface area contributed by atoms with E-state index in [2.05, 4.69) is 97.9 Å². The molecular weight excluding hydrogens is 531 g/mol. The minimum atomic E-state index is -1.98. The average Bonchev–Trinajstić information content (AvgIpc) is 2.92. The van der Waals surface area contributed by atoms with Crippen LogP contribution in [0.4, 0.5) is 0 Å². The molecular formula is C33H38OSn. The van der Waals surface area contributed by atoms with Crippen LogP contribution in [-0.2, 0) is 6.42 Å². The molecule has 0 aromatic heterocycles. The molecule has 4 aromatic carbocycles. The first-order valence-corrected chi connectivity index (χ1v) is 17.4. The molecule has 0 spiro atoms. The van der Waals surface area contributed by atoms with E-state index in [4.69, 9.17) is 0 Å². The average molecular weight is 569 g/mol. The van der Waals surface area contributed by atoms with E-state index in [9.17, 15) is 5.11 Å². The maximum atomic E-state index is 11.4. The van der Waals surface area contributed by atoms with Gasteiger partial charge in [0.2, 0.25) is 0 Å². The molecule has 0 radical (unpaired) electrons. The van der Waals surface area contributed by atoms with Gasteiger partial charge in [-0.15, -0.1) is 5.75 Å². The number of unbranched alkanes of at least 4 members (excludes halogenated alkanes) is 6. The molecule has 0 unspecified atom stereocenters. The quantitative estimate of drug-likeness (QED) is 0.155. The van der Waals surface area contributed by atoms with Crippen molar-refractivity contribution in [2.24, 2.45) is 0 Å². The summed E-state index contributed by atoms with van der Waals surface area (Å²) in [5.41, 5.74) is 0.982. The van der Waals surface area contributed by atoms with E-state index in [-0.39, 0.29) is 5.75 Å². The van der Waals surface area contributed by atoms with Crippen molar-refractivity contribution < 1.29 is 5.11 Å². The second kappa shape index (κ2) is 16.2. The predicted octanol–water partition coefficient (Wildman–Crippen LogP) is 6.26. The van der Waals surface area contributed by atoms with Crippen LogP contribution in [-0.4, -0.2) is 19.8 Å². The van der Waals surface area contributed by atoms with Gasteiger partial charge in [0, 0.05) is 0 Å². The van der Waals surface area contributed by atoms with E-state index in [1.54, 1.807) is 6.07 Å². The van der Waals surface area contributed by atoms with E-state index in [1.807, 2.05) is 18.2 Å². The molecule has 1 nitrogen and oxygen atoms in total. The van der Waals surface area contributed by atoms with Crippen molar-refractivity contribution in [3.63, 3.8) is 0 Å². The number of hydrogen-bond acceptors (Lipinski definition) is 1. The summed E-state index contributed by atoms with van der Waals surface area (Å²) < 4.78 is 4.59. The van der Waals surface area contributed by atoms with E-state index in [0.29, 0.717) is 0 Å².